The summed E-state index contributed by atoms with van der Waals surface area (Å²) in [6.45, 7) is 6.78. The van der Waals surface area contributed by atoms with Crippen LogP contribution in [0.5, 0.6) is 0 Å². The lowest BCUT2D eigenvalue weighted by Gasteiger charge is -2.19. The van der Waals surface area contributed by atoms with Gasteiger partial charge in [-0.15, -0.1) is 0 Å². The van der Waals surface area contributed by atoms with E-state index in [-0.39, 0.29) is 5.41 Å². The Balaban J connectivity index is 1.75. The topological polar surface area (TPSA) is 0 Å². The minimum Gasteiger partial charge on any atom is -0.0616 e. The van der Waals surface area contributed by atoms with Crippen LogP contribution in [0.2, 0.25) is 0 Å². The molecule has 0 bridgehead atoms. The summed E-state index contributed by atoms with van der Waals surface area (Å²) in [5.74, 6) is 0. The molecule has 136 valence electrons. The summed E-state index contributed by atoms with van der Waals surface area (Å²) in [4.78, 5) is 0. The lowest BCUT2D eigenvalue weighted by atomic mass is 9.85. The van der Waals surface area contributed by atoms with Gasteiger partial charge in [0.2, 0.25) is 0 Å². The first kappa shape index (κ1) is 17.0. The molecule has 0 saturated carbocycles. The second-order valence-electron chi connectivity index (χ2n) is 8.68. The molecule has 0 saturated heterocycles. The molecule has 5 aromatic carbocycles. The van der Waals surface area contributed by atoms with Crippen LogP contribution in [-0.2, 0) is 5.41 Å². The lowest BCUT2D eigenvalue weighted by molar-refractivity contribution is 0.590. The summed E-state index contributed by atoms with van der Waals surface area (Å²) in [6, 6.07) is 33.5. The average Bonchev–Trinajstić information content (AvgIpc) is 2.72. The van der Waals surface area contributed by atoms with Crippen molar-refractivity contribution in [2.24, 2.45) is 0 Å². The van der Waals surface area contributed by atoms with Crippen LogP contribution in [0.25, 0.3) is 43.4 Å². The second-order valence-corrected chi connectivity index (χ2v) is 8.68. The minimum atomic E-state index is 0.175. The van der Waals surface area contributed by atoms with E-state index in [2.05, 4.69) is 112 Å². The fourth-order valence-corrected chi connectivity index (χ4v) is 4.26. The van der Waals surface area contributed by atoms with Gasteiger partial charge in [-0.3, -0.25) is 0 Å². The van der Waals surface area contributed by atoms with Gasteiger partial charge in [0.15, 0.2) is 0 Å². The van der Waals surface area contributed by atoms with Gasteiger partial charge in [-0.1, -0.05) is 112 Å². The first-order valence-corrected chi connectivity index (χ1v) is 9.96. The molecule has 28 heavy (non-hydrogen) atoms. The first-order valence-electron chi connectivity index (χ1n) is 9.96. The summed E-state index contributed by atoms with van der Waals surface area (Å²) < 4.78 is 0. The van der Waals surface area contributed by atoms with Gasteiger partial charge in [0.25, 0.3) is 0 Å². The van der Waals surface area contributed by atoms with E-state index >= 15 is 0 Å². The Labute approximate surface area is 166 Å². The van der Waals surface area contributed by atoms with Gasteiger partial charge in [-0.05, 0) is 54.4 Å². The fraction of sp³-hybridized carbons (Fsp3) is 0.143. The van der Waals surface area contributed by atoms with Gasteiger partial charge in [0, 0.05) is 0 Å². The summed E-state index contributed by atoms with van der Waals surface area (Å²) in [5.41, 5.74) is 4.12. The second kappa shape index (κ2) is 6.21. The van der Waals surface area contributed by atoms with Crippen molar-refractivity contribution in [3.63, 3.8) is 0 Å². The Kier molecular flexibility index (Phi) is 3.77. The zero-order chi connectivity index (χ0) is 19.3. The molecule has 0 aromatic heterocycles. The van der Waals surface area contributed by atoms with Crippen molar-refractivity contribution >= 4 is 32.3 Å². The molecular weight excluding hydrogens is 336 g/mol. The highest BCUT2D eigenvalue weighted by Gasteiger charge is 2.14. The molecule has 0 atom stereocenters. The summed E-state index contributed by atoms with van der Waals surface area (Å²) in [6.07, 6.45) is 0. The third-order valence-electron chi connectivity index (χ3n) is 5.85. The third-order valence-corrected chi connectivity index (χ3v) is 5.85. The Bertz CT molecular complexity index is 1320. The summed E-state index contributed by atoms with van der Waals surface area (Å²) >= 11 is 0. The quantitative estimate of drug-likeness (QED) is 0.265. The maximum absolute atomic E-state index is 2.29. The van der Waals surface area contributed by atoms with Crippen LogP contribution in [0.1, 0.15) is 26.3 Å². The van der Waals surface area contributed by atoms with Crippen molar-refractivity contribution in [2.75, 3.05) is 0 Å². The van der Waals surface area contributed by atoms with Crippen molar-refractivity contribution in [3.8, 4) is 11.1 Å². The van der Waals surface area contributed by atoms with E-state index in [4.69, 9.17) is 0 Å². The van der Waals surface area contributed by atoms with E-state index in [1.807, 2.05) is 0 Å². The minimum absolute atomic E-state index is 0.175. The highest BCUT2D eigenvalue weighted by atomic mass is 14.2. The smallest absolute Gasteiger partial charge is 0.00987 e. The molecule has 0 unspecified atom stereocenters. The molecule has 5 rings (SSSR count). The Morgan fingerprint density at radius 2 is 1.07 bits per heavy atom. The number of hydrogen-bond donors (Lipinski definition) is 0. The molecule has 0 nitrogen and oxygen atoms in total. The van der Waals surface area contributed by atoms with Gasteiger partial charge < -0.3 is 0 Å². The Morgan fingerprint density at radius 1 is 0.464 bits per heavy atom. The zero-order valence-electron chi connectivity index (χ0n) is 16.7. The molecule has 0 radical (unpaired) electrons. The molecule has 0 N–H and O–H groups in total. The SMILES string of the molecule is CC(C)(C)c1ccc(-c2cccc3c2ccc2c4ccccc4ccc32)cc1. The zero-order valence-corrected chi connectivity index (χ0v) is 16.7. The molecule has 0 amide bonds. The van der Waals surface area contributed by atoms with Crippen LogP contribution in [0, 0.1) is 0 Å². The Morgan fingerprint density at radius 3 is 1.86 bits per heavy atom. The van der Waals surface area contributed by atoms with E-state index in [1.54, 1.807) is 0 Å². The van der Waals surface area contributed by atoms with Crippen LogP contribution >= 0.6 is 0 Å². The van der Waals surface area contributed by atoms with Gasteiger partial charge in [0.1, 0.15) is 0 Å². The van der Waals surface area contributed by atoms with Crippen molar-refractivity contribution in [1.29, 1.82) is 0 Å². The first-order chi connectivity index (χ1) is 13.5. The third kappa shape index (κ3) is 2.68. The van der Waals surface area contributed by atoms with Gasteiger partial charge >= 0.3 is 0 Å². The van der Waals surface area contributed by atoms with E-state index in [0.717, 1.165) is 0 Å². The monoisotopic (exact) mass is 360 g/mol. The Hall–Kier alpha value is -3.12. The van der Waals surface area contributed by atoms with Crippen LogP contribution in [0.4, 0.5) is 0 Å². The highest BCUT2D eigenvalue weighted by molar-refractivity contribution is 6.19. The number of fused-ring (bicyclic) bond motifs is 5. The normalized spacial score (nSPS) is 12.1. The van der Waals surface area contributed by atoms with Crippen molar-refractivity contribution in [1.82, 2.24) is 0 Å². The van der Waals surface area contributed by atoms with Crippen molar-refractivity contribution in [2.45, 2.75) is 26.2 Å². The van der Waals surface area contributed by atoms with Crippen LogP contribution in [0.15, 0.2) is 91.0 Å². The molecule has 0 spiro atoms. The van der Waals surface area contributed by atoms with Crippen LogP contribution < -0.4 is 0 Å². The number of benzene rings is 5. The van der Waals surface area contributed by atoms with Gasteiger partial charge in [-0.25, -0.2) is 0 Å². The summed E-state index contributed by atoms with van der Waals surface area (Å²) in [7, 11) is 0. The predicted octanol–water partition coefficient (Wildman–Crippen LogP) is 8.11. The van der Waals surface area contributed by atoms with Gasteiger partial charge in [-0.2, -0.15) is 0 Å². The van der Waals surface area contributed by atoms with E-state index in [1.165, 1.54) is 49.0 Å². The fourth-order valence-electron chi connectivity index (χ4n) is 4.26. The molecule has 0 aliphatic rings. The van der Waals surface area contributed by atoms with Gasteiger partial charge in [0.05, 0.1) is 0 Å². The number of hydrogen-bond acceptors (Lipinski definition) is 0. The molecule has 5 aromatic rings. The largest absolute Gasteiger partial charge is 0.0616 e. The van der Waals surface area contributed by atoms with Crippen LogP contribution in [0.3, 0.4) is 0 Å². The number of rotatable bonds is 1. The van der Waals surface area contributed by atoms with Crippen LogP contribution in [-0.4, -0.2) is 0 Å². The molecule has 0 heteroatoms. The van der Waals surface area contributed by atoms with Crippen molar-refractivity contribution < 1.29 is 0 Å². The van der Waals surface area contributed by atoms with E-state index < -0.39 is 0 Å². The molecular formula is C28H24. The summed E-state index contributed by atoms with van der Waals surface area (Å²) in [5, 5.41) is 7.90. The maximum atomic E-state index is 2.29. The average molecular weight is 361 g/mol. The molecule has 0 aliphatic carbocycles. The van der Waals surface area contributed by atoms with E-state index in [0.29, 0.717) is 0 Å². The molecule has 0 fully saturated rings. The predicted molar refractivity (Wildman–Crippen MR) is 123 cm³/mol. The maximum Gasteiger partial charge on any atom is -0.00987 e. The lowest BCUT2D eigenvalue weighted by Crippen LogP contribution is -2.10. The van der Waals surface area contributed by atoms with E-state index in [9.17, 15) is 0 Å². The molecule has 0 heterocycles. The van der Waals surface area contributed by atoms with Crippen molar-refractivity contribution in [3.05, 3.63) is 96.6 Å². The highest BCUT2D eigenvalue weighted by Crippen LogP contribution is 2.36. The molecule has 0 aliphatic heterocycles. The standard InChI is InChI=1S/C28H24/c1-28(2,3)21-14-11-20(12-15-21)23-9-6-10-24-25(23)17-18-26-22-8-5-4-7-19(22)13-16-27(24)26/h4-18H,1-3H3.